The number of hydrogen-bond acceptors (Lipinski definition) is 2. The molecule has 1 aromatic carbocycles. The van der Waals surface area contributed by atoms with Crippen LogP contribution >= 0.6 is 0 Å². The molecule has 0 amide bonds. The highest BCUT2D eigenvalue weighted by Crippen LogP contribution is 2.40. The Labute approximate surface area is 129 Å². The van der Waals surface area contributed by atoms with Crippen molar-refractivity contribution in [3.8, 4) is 0 Å². The van der Waals surface area contributed by atoms with E-state index < -0.39 is 0 Å². The van der Waals surface area contributed by atoms with Gasteiger partial charge in [-0.2, -0.15) is 0 Å². The van der Waals surface area contributed by atoms with E-state index in [0.717, 1.165) is 32.4 Å². The van der Waals surface area contributed by atoms with Gasteiger partial charge < -0.3 is 10.0 Å². The number of anilines is 1. The minimum absolute atomic E-state index is 0.117. The minimum atomic E-state index is -0.117. The normalized spacial score (nSPS) is 28.3. The molecule has 2 heteroatoms. The Bertz CT molecular complexity index is 508. The van der Waals surface area contributed by atoms with Gasteiger partial charge in [-0.1, -0.05) is 31.5 Å². The minimum Gasteiger partial charge on any atom is -0.393 e. The van der Waals surface area contributed by atoms with E-state index in [2.05, 4.69) is 43.9 Å². The SMILES string of the molecule is Cc1ccc2c(c1)CCCN2CC1CC(C)(C)CCC1O. The highest BCUT2D eigenvalue weighted by Gasteiger charge is 2.35. The van der Waals surface area contributed by atoms with Crippen LogP contribution in [0, 0.1) is 18.3 Å². The molecule has 1 N–H and O–H groups in total. The first-order valence-electron chi connectivity index (χ1n) is 8.47. The van der Waals surface area contributed by atoms with Crippen LogP contribution in [0.3, 0.4) is 0 Å². The first kappa shape index (κ1) is 14.9. The van der Waals surface area contributed by atoms with Crippen LogP contribution < -0.4 is 4.90 Å². The first-order chi connectivity index (χ1) is 9.94. The summed E-state index contributed by atoms with van der Waals surface area (Å²) < 4.78 is 0. The van der Waals surface area contributed by atoms with Gasteiger partial charge in [0.1, 0.15) is 0 Å². The van der Waals surface area contributed by atoms with Gasteiger partial charge in [0, 0.05) is 24.7 Å². The number of benzene rings is 1. The molecule has 0 spiro atoms. The van der Waals surface area contributed by atoms with Crippen molar-refractivity contribution in [3.63, 3.8) is 0 Å². The monoisotopic (exact) mass is 287 g/mol. The fourth-order valence-electron chi connectivity index (χ4n) is 4.18. The van der Waals surface area contributed by atoms with Crippen molar-refractivity contribution < 1.29 is 5.11 Å². The summed E-state index contributed by atoms with van der Waals surface area (Å²) in [6.45, 7) is 9.02. The van der Waals surface area contributed by atoms with Crippen molar-refractivity contribution in [2.24, 2.45) is 11.3 Å². The van der Waals surface area contributed by atoms with Crippen molar-refractivity contribution in [1.29, 1.82) is 0 Å². The predicted octanol–water partition coefficient (Wildman–Crippen LogP) is 3.93. The Hall–Kier alpha value is -1.02. The van der Waals surface area contributed by atoms with Gasteiger partial charge in [-0.05, 0) is 56.1 Å². The van der Waals surface area contributed by atoms with Crippen LogP contribution in [-0.4, -0.2) is 24.3 Å². The summed E-state index contributed by atoms with van der Waals surface area (Å²) in [5.41, 5.74) is 4.64. The lowest BCUT2D eigenvalue weighted by atomic mass is 9.70. The summed E-state index contributed by atoms with van der Waals surface area (Å²) in [6, 6.07) is 6.84. The van der Waals surface area contributed by atoms with Crippen molar-refractivity contribution in [2.45, 2.75) is 59.0 Å². The second-order valence-corrected chi connectivity index (χ2v) is 7.92. The van der Waals surface area contributed by atoms with Crippen molar-refractivity contribution in [3.05, 3.63) is 29.3 Å². The lowest BCUT2D eigenvalue weighted by Gasteiger charge is -2.42. The molecule has 2 nitrogen and oxygen atoms in total. The molecule has 1 heterocycles. The fourth-order valence-corrected chi connectivity index (χ4v) is 4.18. The molecule has 1 aromatic rings. The molecule has 2 unspecified atom stereocenters. The topological polar surface area (TPSA) is 23.5 Å². The maximum atomic E-state index is 10.4. The summed E-state index contributed by atoms with van der Waals surface area (Å²) in [5.74, 6) is 0.418. The number of hydrogen-bond donors (Lipinski definition) is 1. The van der Waals surface area contributed by atoms with Crippen LogP contribution in [-0.2, 0) is 6.42 Å². The number of aliphatic hydroxyl groups excluding tert-OH is 1. The molecule has 0 bridgehead atoms. The van der Waals surface area contributed by atoms with E-state index in [1.807, 2.05) is 0 Å². The van der Waals surface area contributed by atoms with E-state index in [4.69, 9.17) is 0 Å². The van der Waals surface area contributed by atoms with Crippen LogP contribution in [0.5, 0.6) is 0 Å². The molecule has 2 aliphatic rings. The van der Waals surface area contributed by atoms with Crippen molar-refractivity contribution >= 4 is 5.69 Å². The van der Waals surface area contributed by atoms with Gasteiger partial charge in [0.2, 0.25) is 0 Å². The highest BCUT2D eigenvalue weighted by atomic mass is 16.3. The Morgan fingerprint density at radius 1 is 1.33 bits per heavy atom. The molecule has 3 rings (SSSR count). The van der Waals surface area contributed by atoms with Gasteiger partial charge in [-0.3, -0.25) is 0 Å². The summed E-state index contributed by atoms with van der Waals surface area (Å²) in [7, 11) is 0. The van der Waals surface area contributed by atoms with Crippen LogP contribution in [0.1, 0.15) is 50.7 Å². The van der Waals surface area contributed by atoms with E-state index in [0.29, 0.717) is 11.3 Å². The zero-order valence-corrected chi connectivity index (χ0v) is 13.7. The van der Waals surface area contributed by atoms with E-state index in [9.17, 15) is 5.11 Å². The summed E-state index contributed by atoms with van der Waals surface area (Å²) in [5, 5.41) is 10.4. The number of rotatable bonds is 2. The Balaban J connectivity index is 1.77. The Morgan fingerprint density at radius 3 is 2.95 bits per heavy atom. The summed E-state index contributed by atoms with van der Waals surface area (Å²) >= 11 is 0. The third-order valence-corrected chi connectivity index (χ3v) is 5.38. The molecular formula is C19H29NO. The van der Waals surface area contributed by atoms with Gasteiger partial charge in [-0.25, -0.2) is 0 Å². The molecule has 1 aliphatic heterocycles. The first-order valence-corrected chi connectivity index (χ1v) is 8.47. The number of aryl methyl sites for hydroxylation is 2. The van der Waals surface area contributed by atoms with E-state index >= 15 is 0 Å². The molecule has 0 saturated heterocycles. The molecule has 116 valence electrons. The maximum Gasteiger partial charge on any atom is 0.0585 e. The third-order valence-electron chi connectivity index (χ3n) is 5.38. The van der Waals surface area contributed by atoms with Crippen LogP contribution in [0.4, 0.5) is 5.69 Å². The van der Waals surface area contributed by atoms with E-state index in [1.54, 1.807) is 0 Å². The van der Waals surface area contributed by atoms with E-state index in [1.165, 1.54) is 29.7 Å². The van der Waals surface area contributed by atoms with Crippen LogP contribution in [0.15, 0.2) is 18.2 Å². The molecular weight excluding hydrogens is 258 g/mol. The zero-order chi connectivity index (χ0) is 15.0. The smallest absolute Gasteiger partial charge is 0.0585 e. The molecule has 1 saturated carbocycles. The average Bonchev–Trinajstić information content (AvgIpc) is 2.42. The molecule has 1 fully saturated rings. The van der Waals surface area contributed by atoms with Crippen molar-refractivity contribution in [1.82, 2.24) is 0 Å². The van der Waals surface area contributed by atoms with Gasteiger partial charge in [0.05, 0.1) is 6.10 Å². The number of nitrogens with zero attached hydrogens (tertiary/aromatic N) is 1. The second-order valence-electron chi connectivity index (χ2n) is 7.92. The molecule has 21 heavy (non-hydrogen) atoms. The third kappa shape index (κ3) is 3.26. The second kappa shape index (κ2) is 5.64. The van der Waals surface area contributed by atoms with Crippen LogP contribution in [0.2, 0.25) is 0 Å². The molecule has 1 aliphatic carbocycles. The summed E-state index contributed by atoms with van der Waals surface area (Å²) in [6.07, 6.45) is 5.59. The van der Waals surface area contributed by atoms with Gasteiger partial charge in [0.25, 0.3) is 0 Å². The predicted molar refractivity (Wildman–Crippen MR) is 88.8 cm³/mol. The average molecular weight is 287 g/mol. The standard InChI is InChI=1S/C19H29NO/c1-14-6-7-17-15(11-14)5-4-10-20(17)13-16-12-19(2,3)9-8-18(16)21/h6-7,11,16,18,21H,4-5,8-10,12-13H2,1-3H3. The highest BCUT2D eigenvalue weighted by molar-refractivity contribution is 5.56. The van der Waals surface area contributed by atoms with E-state index in [-0.39, 0.29) is 6.10 Å². The molecule has 0 radical (unpaired) electrons. The largest absolute Gasteiger partial charge is 0.393 e. The fraction of sp³-hybridized carbons (Fsp3) is 0.684. The number of fused-ring (bicyclic) bond motifs is 1. The Morgan fingerprint density at radius 2 is 2.14 bits per heavy atom. The van der Waals surface area contributed by atoms with Gasteiger partial charge >= 0.3 is 0 Å². The molecule has 0 aromatic heterocycles. The molecule has 2 atom stereocenters. The van der Waals surface area contributed by atoms with Gasteiger partial charge in [0.15, 0.2) is 0 Å². The van der Waals surface area contributed by atoms with Crippen LogP contribution in [0.25, 0.3) is 0 Å². The quantitative estimate of drug-likeness (QED) is 0.890. The lowest BCUT2D eigenvalue weighted by molar-refractivity contribution is 0.0248. The number of aliphatic hydroxyl groups is 1. The lowest BCUT2D eigenvalue weighted by Crippen LogP contribution is -2.42. The summed E-state index contributed by atoms with van der Waals surface area (Å²) in [4.78, 5) is 2.52. The van der Waals surface area contributed by atoms with Crippen molar-refractivity contribution in [2.75, 3.05) is 18.0 Å². The zero-order valence-electron chi connectivity index (χ0n) is 13.7. The Kier molecular flexibility index (Phi) is 4.00. The maximum absolute atomic E-state index is 10.4. The van der Waals surface area contributed by atoms with Gasteiger partial charge in [-0.15, -0.1) is 0 Å².